The number of hydrogen-bond donors (Lipinski definition) is 3. The van der Waals surface area contributed by atoms with Gasteiger partial charge in [-0.25, -0.2) is 0 Å². The molecule has 39 heavy (non-hydrogen) atoms. The molecule has 3 N–H and O–H groups in total. The first-order valence-corrected chi connectivity index (χ1v) is 17.4. The molecule has 3 aliphatic carbocycles. The van der Waals surface area contributed by atoms with Gasteiger partial charge in [0.2, 0.25) is 0 Å². The zero-order valence-electron chi connectivity index (χ0n) is 22.4. The van der Waals surface area contributed by atoms with E-state index in [1.807, 2.05) is 6.07 Å². The van der Waals surface area contributed by atoms with Crippen LogP contribution in [0, 0.1) is 0 Å². The molecule has 0 bridgehead atoms. The van der Waals surface area contributed by atoms with Crippen molar-refractivity contribution in [3.63, 3.8) is 0 Å². The molecule has 0 amide bonds. The zero-order chi connectivity index (χ0) is 27.8. The summed E-state index contributed by atoms with van der Waals surface area (Å²) in [5.74, 6) is -0.125. The van der Waals surface area contributed by atoms with Gasteiger partial charge >= 0.3 is 0 Å². The number of benzene rings is 2. The van der Waals surface area contributed by atoms with Gasteiger partial charge in [-0.3, -0.25) is 9.11 Å². The third kappa shape index (κ3) is 6.37. The lowest BCUT2D eigenvalue weighted by atomic mass is 9.72. The first kappa shape index (κ1) is 28.6. The van der Waals surface area contributed by atoms with Crippen LogP contribution >= 0.6 is 0 Å². The maximum Gasteiger partial charge on any atom is 0.295 e. The zero-order valence-corrected chi connectivity index (χ0v) is 24.0. The largest absolute Gasteiger partial charge is 0.508 e. The summed E-state index contributed by atoms with van der Waals surface area (Å²) in [6, 6.07) is 7.95. The minimum atomic E-state index is -4.51. The Hall–Kier alpha value is -1.94. The van der Waals surface area contributed by atoms with E-state index in [1.165, 1.54) is 24.6 Å². The van der Waals surface area contributed by atoms with E-state index in [0.29, 0.717) is 29.9 Å². The van der Waals surface area contributed by atoms with E-state index in [1.54, 1.807) is 0 Å². The quantitative estimate of drug-likeness (QED) is 0.305. The number of phenolic OH excluding ortho intramolecular Hbond substituents is 1. The van der Waals surface area contributed by atoms with Crippen LogP contribution in [0.2, 0.25) is 0 Å². The number of hydrogen-bond acceptors (Lipinski definition) is 5. The van der Waals surface area contributed by atoms with Crippen LogP contribution in [-0.4, -0.2) is 31.0 Å². The monoisotopic (exact) mass is 576 g/mol. The Labute approximate surface area is 232 Å². The number of rotatable bonds is 6. The van der Waals surface area contributed by atoms with E-state index in [-0.39, 0.29) is 33.3 Å². The first-order valence-electron chi connectivity index (χ1n) is 14.5. The molecule has 0 radical (unpaired) electrons. The van der Waals surface area contributed by atoms with Crippen LogP contribution in [0.25, 0.3) is 0 Å². The first-order chi connectivity index (χ1) is 18.5. The lowest BCUT2D eigenvalue weighted by Gasteiger charge is -2.34. The Morgan fingerprint density at radius 3 is 1.64 bits per heavy atom. The highest BCUT2D eigenvalue weighted by Gasteiger charge is 2.35. The van der Waals surface area contributed by atoms with E-state index in [9.17, 15) is 31.0 Å². The Balaban J connectivity index is 1.62. The second-order valence-electron chi connectivity index (χ2n) is 11.9. The normalized spacial score (nSPS) is 24.1. The molecule has 0 saturated heterocycles. The highest BCUT2D eigenvalue weighted by atomic mass is 32.2. The standard InChI is InChI=1S/C30H40O7S2/c31-25-14-15-29(38(32,33)34)26(19-25)22-12-7-13-23(16-22)28-18-24(20-8-3-1-4-9-20)17-27(30(28)39(35,36)37)21-10-5-2-6-11-21/h14-15,17-23,31H,1-13,16H2,(H,32,33,34)(H,35,36,37). The molecule has 2 aromatic rings. The predicted molar refractivity (Wildman–Crippen MR) is 150 cm³/mol. The van der Waals surface area contributed by atoms with Gasteiger partial charge in [0, 0.05) is 0 Å². The highest BCUT2D eigenvalue weighted by Crippen LogP contribution is 2.48. The van der Waals surface area contributed by atoms with Crippen molar-refractivity contribution < 1.29 is 31.0 Å². The molecule has 0 aliphatic heterocycles. The third-order valence-corrected chi connectivity index (χ3v) is 11.3. The number of phenols is 1. The van der Waals surface area contributed by atoms with E-state index in [2.05, 4.69) is 6.07 Å². The lowest BCUT2D eigenvalue weighted by Crippen LogP contribution is -2.20. The lowest BCUT2D eigenvalue weighted by molar-refractivity contribution is 0.378. The molecule has 3 saturated carbocycles. The fourth-order valence-electron chi connectivity index (χ4n) is 7.53. The summed E-state index contributed by atoms with van der Waals surface area (Å²) in [7, 11) is -9.01. The van der Waals surface area contributed by atoms with Gasteiger partial charge in [-0.1, -0.05) is 57.1 Å². The van der Waals surface area contributed by atoms with Crippen LogP contribution in [0.1, 0.15) is 136 Å². The topological polar surface area (TPSA) is 129 Å². The van der Waals surface area contributed by atoms with Crippen molar-refractivity contribution in [2.24, 2.45) is 0 Å². The molecule has 9 heteroatoms. The van der Waals surface area contributed by atoms with Gasteiger partial charge in [0.05, 0.1) is 4.90 Å². The van der Waals surface area contributed by atoms with Crippen molar-refractivity contribution in [3.8, 4) is 5.75 Å². The molecule has 214 valence electrons. The van der Waals surface area contributed by atoms with Crippen molar-refractivity contribution in [2.75, 3.05) is 0 Å². The Kier molecular flexibility index (Phi) is 8.43. The van der Waals surface area contributed by atoms with E-state index < -0.39 is 20.2 Å². The number of aromatic hydroxyl groups is 1. The molecule has 2 atom stereocenters. The summed E-state index contributed by atoms with van der Waals surface area (Å²) in [4.78, 5) is -0.162. The second-order valence-corrected chi connectivity index (χ2v) is 14.7. The Morgan fingerprint density at radius 2 is 1.08 bits per heavy atom. The molecular formula is C30H40O7S2. The van der Waals surface area contributed by atoms with Gasteiger partial charge < -0.3 is 5.11 Å². The van der Waals surface area contributed by atoms with Gasteiger partial charge in [0.25, 0.3) is 20.2 Å². The predicted octanol–water partition coefficient (Wildman–Crippen LogP) is 7.42. The van der Waals surface area contributed by atoms with Crippen LogP contribution in [0.3, 0.4) is 0 Å². The molecule has 0 aromatic heterocycles. The minimum absolute atomic E-state index is 0.0607. The SMILES string of the molecule is O=S(=O)(O)c1ccc(O)cc1C1CCCC(c2cc(C3CCCCC3)cc(C3CCCCC3)c2S(=O)(=O)O)C1. The maximum absolute atomic E-state index is 13.0. The summed E-state index contributed by atoms with van der Waals surface area (Å²) < 4.78 is 70.8. The highest BCUT2D eigenvalue weighted by molar-refractivity contribution is 7.86. The molecule has 3 aliphatic rings. The molecule has 2 aromatic carbocycles. The summed E-state index contributed by atoms with van der Waals surface area (Å²) in [6.45, 7) is 0. The molecule has 0 spiro atoms. The maximum atomic E-state index is 13.0. The van der Waals surface area contributed by atoms with Crippen molar-refractivity contribution >= 4 is 20.2 Å². The van der Waals surface area contributed by atoms with E-state index in [0.717, 1.165) is 81.8 Å². The van der Waals surface area contributed by atoms with Crippen LogP contribution in [0.4, 0.5) is 0 Å². The van der Waals surface area contributed by atoms with Crippen LogP contribution < -0.4 is 0 Å². The van der Waals surface area contributed by atoms with Crippen molar-refractivity contribution in [2.45, 2.75) is 123 Å². The average molecular weight is 577 g/mol. The molecular weight excluding hydrogens is 536 g/mol. The average Bonchev–Trinajstić information content (AvgIpc) is 2.92. The Bertz CT molecular complexity index is 1400. The summed E-state index contributed by atoms with van der Waals surface area (Å²) >= 11 is 0. The molecule has 2 unspecified atom stereocenters. The van der Waals surface area contributed by atoms with Gasteiger partial charge in [-0.2, -0.15) is 16.8 Å². The van der Waals surface area contributed by atoms with Gasteiger partial charge in [-0.15, -0.1) is 0 Å². The van der Waals surface area contributed by atoms with Crippen LogP contribution in [0.5, 0.6) is 5.75 Å². The van der Waals surface area contributed by atoms with E-state index in [4.69, 9.17) is 0 Å². The van der Waals surface area contributed by atoms with E-state index >= 15 is 0 Å². The Morgan fingerprint density at radius 1 is 0.564 bits per heavy atom. The summed E-state index contributed by atoms with van der Waals surface area (Å²) in [6.07, 6.45) is 13.3. The van der Waals surface area contributed by atoms with Gasteiger partial charge in [0.1, 0.15) is 10.6 Å². The van der Waals surface area contributed by atoms with Gasteiger partial charge in [-0.05, 0) is 109 Å². The third-order valence-electron chi connectivity index (χ3n) is 9.37. The minimum Gasteiger partial charge on any atom is -0.508 e. The molecule has 3 fully saturated rings. The molecule has 7 nitrogen and oxygen atoms in total. The second kappa shape index (κ2) is 11.5. The summed E-state index contributed by atoms with van der Waals surface area (Å²) in [5, 5.41) is 10.1. The van der Waals surface area contributed by atoms with Crippen molar-refractivity contribution in [1.29, 1.82) is 0 Å². The molecule has 0 heterocycles. The molecule has 5 rings (SSSR count). The summed E-state index contributed by atoms with van der Waals surface area (Å²) in [5.41, 5.74) is 2.93. The fraction of sp³-hybridized carbons (Fsp3) is 0.600. The fourth-order valence-corrected chi connectivity index (χ4v) is 9.34. The van der Waals surface area contributed by atoms with Gasteiger partial charge in [0.15, 0.2) is 0 Å². The van der Waals surface area contributed by atoms with Crippen LogP contribution in [-0.2, 0) is 20.2 Å². The smallest absolute Gasteiger partial charge is 0.295 e. The van der Waals surface area contributed by atoms with Crippen molar-refractivity contribution in [1.82, 2.24) is 0 Å². The van der Waals surface area contributed by atoms with Crippen LogP contribution in [0.15, 0.2) is 40.1 Å². The van der Waals surface area contributed by atoms with Crippen molar-refractivity contribution in [3.05, 3.63) is 52.6 Å².